The second-order valence-corrected chi connectivity index (χ2v) is 14.9. The van der Waals surface area contributed by atoms with Crippen LogP contribution < -0.4 is 0 Å². The third-order valence-electron chi connectivity index (χ3n) is 4.47. The van der Waals surface area contributed by atoms with Crippen LogP contribution in [0.25, 0.3) is 0 Å². The van der Waals surface area contributed by atoms with Crippen molar-refractivity contribution in [2.45, 2.75) is 76.0 Å². The van der Waals surface area contributed by atoms with Crippen molar-refractivity contribution >= 4 is 16.6 Å². The fraction of sp³-hybridized carbons (Fsp3) is 1.00. The Hall–Kier alpha value is 0.354. The quantitative estimate of drug-likeness (QED) is 0.700. The summed E-state index contributed by atoms with van der Waals surface area (Å²) >= 11 is 0. The summed E-state index contributed by atoms with van der Waals surface area (Å²) in [4.78, 5) is 0. The smallest absolute Gasteiger partial charge is 0.190 e. The van der Waals surface area contributed by atoms with Crippen LogP contribution in [0.2, 0.25) is 37.3 Å². The Bertz CT molecular complexity index is 246. The first-order valence-electron chi connectivity index (χ1n) is 7.33. The second kappa shape index (κ2) is 5.55. The van der Waals surface area contributed by atoms with Gasteiger partial charge >= 0.3 is 0 Å². The molecule has 0 spiro atoms. The van der Waals surface area contributed by atoms with Crippen LogP contribution in [0.5, 0.6) is 0 Å². The lowest BCUT2D eigenvalue weighted by molar-refractivity contribution is 0.130. The highest BCUT2D eigenvalue weighted by Crippen LogP contribution is 2.33. The van der Waals surface area contributed by atoms with E-state index in [1.807, 2.05) is 0 Å². The summed E-state index contributed by atoms with van der Waals surface area (Å²) < 4.78 is 12.6. The van der Waals surface area contributed by atoms with Crippen LogP contribution in [0, 0.1) is 0 Å². The van der Waals surface area contributed by atoms with Gasteiger partial charge in [-0.05, 0) is 44.2 Å². The molecule has 0 bridgehead atoms. The van der Waals surface area contributed by atoms with Crippen LogP contribution in [0.1, 0.15) is 32.6 Å². The van der Waals surface area contributed by atoms with Crippen molar-refractivity contribution in [3.8, 4) is 0 Å². The van der Waals surface area contributed by atoms with Gasteiger partial charge in [0.2, 0.25) is 0 Å². The summed E-state index contributed by atoms with van der Waals surface area (Å²) in [5, 5.41) is 0. The predicted molar refractivity (Wildman–Crippen MR) is 77.4 cm³/mol. The maximum absolute atomic E-state index is 6.34. The summed E-state index contributed by atoms with van der Waals surface area (Å²) in [6.45, 7) is 7.88. The summed E-state index contributed by atoms with van der Waals surface area (Å²) in [6.07, 6.45) is 5.90. The van der Waals surface area contributed by atoms with Crippen LogP contribution in [-0.4, -0.2) is 29.3 Å². The molecule has 2 aliphatic heterocycles. The van der Waals surface area contributed by atoms with Gasteiger partial charge in [-0.15, -0.1) is 0 Å². The molecule has 0 amide bonds. The van der Waals surface area contributed by atoms with E-state index in [2.05, 4.69) is 20.0 Å². The molecule has 4 heteroatoms. The van der Waals surface area contributed by atoms with E-state index in [1.54, 1.807) is 0 Å². The zero-order chi connectivity index (χ0) is 12.4. The number of rotatable bonds is 5. The van der Waals surface area contributed by atoms with Gasteiger partial charge in [-0.2, -0.15) is 0 Å². The average molecular weight is 273 g/mol. The Kier molecular flexibility index (Phi) is 4.50. The molecule has 2 nitrogen and oxygen atoms in total. The van der Waals surface area contributed by atoms with Gasteiger partial charge in [0.25, 0.3) is 0 Å². The standard InChI is InChI=1S/C13H28O2Si2/c1-13(15-17(3)10-6-7-11-17)12-14-16(2)8-4-5-9-16/h13H,4-12H2,1-3H3. The number of hydrogen-bond donors (Lipinski definition) is 0. The molecular weight excluding hydrogens is 244 g/mol. The van der Waals surface area contributed by atoms with Gasteiger partial charge < -0.3 is 8.85 Å². The minimum atomic E-state index is -1.31. The van der Waals surface area contributed by atoms with Crippen molar-refractivity contribution in [3.63, 3.8) is 0 Å². The van der Waals surface area contributed by atoms with E-state index in [-0.39, 0.29) is 0 Å². The van der Waals surface area contributed by atoms with E-state index in [4.69, 9.17) is 8.85 Å². The molecule has 2 heterocycles. The van der Waals surface area contributed by atoms with Crippen LogP contribution in [0.4, 0.5) is 0 Å². The highest BCUT2D eigenvalue weighted by Gasteiger charge is 2.36. The van der Waals surface area contributed by atoms with Crippen LogP contribution in [0.15, 0.2) is 0 Å². The lowest BCUT2D eigenvalue weighted by Gasteiger charge is -2.29. The molecule has 2 fully saturated rings. The first-order chi connectivity index (χ1) is 8.02. The van der Waals surface area contributed by atoms with E-state index >= 15 is 0 Å². The van der Waals surface area contributed by atoms with Gasteiger partial charge in [0.15, 0.2) is 16.6 Å². The minimum Gasteiger partial charge on any atom is -0.415 e. The summed E-state index contributed by atoms with van der Waals surface area (Å²) in [6, 6.07) is 5.47. The summed E-state index contributed by atoms with van der Waals surface area (Å²) in [7, 11) is -2.61. The lowest BCUT2D eigenvalue weighted by Crippen LogP contribution is -2.39. The van der Waals surface area contributed by atoms with Gasteiger partial charge in [-0.3, -0.25) is 0 Å². The van der Waals surface area contributed by atoms with E-state index in [1.165, 1.54) is 49.9 Å². The largest absolute Gasteiger partial charge is 0.415 e. The molecule has 0 aromatic heterocycles. The Morgan fingerprint density at radius 1 is 0.882 bits per heavy atom. The molecular formula is C13H28O2Si2. The Morgan fingerprint density at radius 2 is 1.35 bits per heavy atom. The predicted octanol–water partition coefficient (Wildman–Crippen LogP) is 4.15. The van der Waals surface area contributed by atoms with Gasteiger partial charge in [-0.1, -0.05) is 25.7 Å². The van der Waals surface area contributed by atoms with Gasteiger partial charge in [0.05, 0.1) is 12.7 Å². The molecule has 100 valence electrons. The fourth-order valence-electron chi connectivity index (χ4n) is 3.35. The van der Waals surface area contributed by atoms with E-state index in [0.29, 0.717) is 6.10 Å². The van der Waals surface area contributed by atoms with Crippen molar-refractivity contribution in [2.24, 2.45) is 0 Å². The Morgan fingerprint density at radius 3 is 1.88 bits per heavy atom. The third-order valence-corrected chi connectivity index (χ3v) is 12.0. The lowest BCUT2D eigenvalue weighted by atomic mass is 10.4. The van der Waals surface area contributed by atoms with E-state index < -0.39 is 16.6 Å². The summed E-state index contributed by atoms with van der Waals surface area (Å²) in [5.74, 6) is 0. The molecule has 2 rings (SSSR count). The maximum atomic E-state index is 6.34. The average Bonchev–Trinajstić information content (AvgIpc) is 2.86. The zero-order valence-corrected chi connectivity index (χ0v) is 13.8. The molecule has 0 aromatic carbocycles. The zero-order valence-electron chi connectivity index (χ0n) is 11.8. The molecule has 2 aliphatic rings. The maximum Gasteiger partial charge on any atom is 0.190 e. The molecule has 0 aromatic rings. The van der Waals surface area contributed by atoms with E-state index in [0.717, 1.165) is 6.61 Å². The molecule has 1 unspecified atom stereocenters. The highest BCUT2D eigenvalue weighted by molar-refractivity contribution is 6.73. The normalized spacial score (nSPS) is 28.4. The van der Waals surface area contributed by atoms with Crippen molar-refractivity contribution in [1.29, 1.82) is 0 Å². The van der Waals surface area contributed by atoms with Crippen molar-refractivity contribution < 1.29 is 8.85 Å². The fourth-order valence-corrected chi connectivity index (χ4v) is 10.0. The van der Waals surface area contributed by atoms with Crippen molar-refractivity contribution in [3.05, 3.63) is 0 Å². The SMILES string of the molecule is CC(CO[Si]1(C)CCCC1)O[Si]1(C)CCCC1. The van der Waals surface area contributed by atoms with Gasteiger partial charge in [0, 0.05) is 0 Å². The van der Waals surface area contributed by atoms with Crippen LogP contribution in [0.3, 0.4) is 0 Å². The van der Waals surface area contributed by atoms with Crippen molar-refractivity contribution in [1.82, 2.24) is 0 Å². The van der Waals surface area contributed by atoms with Gasteiger partial charge in [0.1, 0.15) is 0 Å². The van der Waals surface area contributed by atoms with Crippen LogP contribution in [-0.2, 0) is 8.85 Å². The Labute approximate surface area is 108 Å². The van der Waals surface area contributed by atoms with E-state index in [9.17, 15) is 0 Å². The Balaban J connectivity index is 1.71. The summed E-state index contributed by atoms with van der Waals surface area (Å²) in [5.41, 5.74) is 0. The third kappa shape index (κ3) is 3.91. The van der Waals surface area contributed by atoms with Crippen LogP contribution >= 0.6 is 0 Å². The topological polar surface area (TPSA) is 18.5 Å². The molecule has 1 atom stereocenters. The second-order valence-electron chi connectivity index (χ2n) is 6.55. The molecule has 17 heavy (non-hydrogen) atoms. The molecule has 0 aliphatic carbocycles. The first-order valence-corrected chi connectivity index (χ1v) is 13.0. The monoisotopic (exact) mass is 272 g/mol. The molecule has 2 saturated heterocycles. The van der Waals surface area contributed by atoms with Gasteiger partial charge in [-0.25, -0.2) is 0 Å². The minimum absolute atomic E-state index is 0.328. The first kappa shape index (κ1) is 13.8. The van der Waals surface area contributed by atoms with Crippen molar-refractivity contribution in [2.75, 3.05) is 6.61 Å². The highest BCUT2D eigenvalue weighted by atomic mass is 28.4. The number of hydrogen-bond acceptors (Lipinski definition) is 2. The molecule has 0 saturated carbocycles. The molecule has 0 N–H and O–H groups in total. The molecule has 0 radical (unpaired) electrons.